The summed E-state index contributed by atoms with van der Waals surface area (Å²) < 4.78 is 2.19. The first-order chi connectivity index (χ1) is 10.7. The molecule has 6 heteroatoms. The lowest BCUT2D eigenvalue weighted by atomic mass is 9.96. The summed E-state index contributed by atoms with van der Waals surface area (Å²) in [5, 5.41) is 11.7. The van der Waals surface area contributed by atoms with Gasteiger partial charge in [0.25, 0.3) is 0 Å². The van der Waals surface area contributed by atoms with Crippen molar-refractivity contribution in [2.45, 2.75) is 60.5 Å². The fourth-order valence-electron chi connectivity index (χ4n) is 2.98. The van der Waals surface area contributed by atoms with Crippen molar-refractivity contribution in [2.75, 3.05) is 19.6 Å². The second kappa shape index (κ2) is 6.99. The van der Waals surface area contributed by atoms with E-state index in [2.05, 4.69) is 45.8 Å². The number of rotatable bonds is 4. The van der Waals surface area contributed by atoms with E-state index >= 15 is 0 Å². The Kier molecular flexibility index (Phi) is 5.45. The maximum Gasteiger partial charge on any atom is 0.223 e. The topological polar surface area (TPSA) is 63.1 Å². The zero-order chi connectivity index (χ0) is 17.2. The van der Waals surface area contributed by atoms with E-state index in [0.29, 0.717) is 5.41 Å². The summed E-state index contributed by atoms with van der Waals surface area (Å²) in [5.74, 6) is 1.93. The normalized spacial score (nSPS) is 17.7. The van der Waals surface area contributed by atoms with Crippen LogP contribution < -0.4 is 5.32 Å². The predicted molar refractivity (Wildman–Crippen MR) is 91.0 cm³/mol. The third-order valence-electron chi connectivity index (χ3n) is 4.12. The highest BCUT2D eigenvalue weighted by molar-refractivity contribution is 5.78. The summed E-state index contributed by atoms with van der Waals surface area (Å²) in [6, 6.07) is -0.111. The van der Waals surface area contributed by atoms with E-state index < -0.39 is 0 Å². The zero-order valence-electron chi connectivity index (χ0n) is 15.4. The van der Waals surface area contributed by atoms with Gasteiger partial charge in [0.05, 0.1) is 6.04 Å². The van der Waals surface area contributed by atoms with Crippen LogP contribution in [0.4, 0.5) is 0 Å². The lowest BCUT2D eigenvalue weighted by Gasteiger charge is -2.28. The van der Waals surface area contributed by atoms with Crippen molar-refractivity contribution in [3.63, 3.8) is 0 Å². The molecule has 0 bridgehead atoms. The number of carbonyl (C=O) groups excluding carboxylic acids is 1. The van der Waals surface area contributed by atoms with Crippen molar-refractivity contribution in [3.05, 3.63) is 11.6 Å². The number of aromatic nitrogens is 3. The van der Waals surface area contributed by atoms with Crippen LogP contribution in [0.1, 0.15) is 59.2 Å². The van der Waals surface area contributed by atoms with E-state index in [1.165, 1.54) is 0 Å². The minimum absolute atomic E-state index is 0.0220. The molecule has 1 aliphatic heterocycles. The second-order valence-electron chi connectivity index (χ2n) is 8.10. The molecule has 23 heavy (non-hydrogen) atoms. The second-order valence-corrected chi connectivity index (χ2v) is 8.10. The van der Waals surface area contributed by atoms with Gasteiger partial charge in [-0.05, 0) is 12.3 Å². The minimum atomic E-state index is -0.111. The van der Waals surface area contributed by atoms with Crippen LogP contribution in [0, 0.1) is 11.3 Å². The number of nitrogens with one attached hydrogen (secondary N) is 1. The largest absolute Gasteiger partial charge is 0.346 e. The maximum atomic E-state index is 11.9. The lowest BCUT2D eigenvalue weighted by molar-refractivity contribution is -0.124. The molecular weight excluding hydrogens is 290 g/mol. The first-order valence-corrected chi connectivity index (χ1v) is 8.62. The number of amides is 1. The van der Waals surface area contributed by atoms with Gasteiger partial charge in [-0.1, -0.05) is 34.6 Å². The van der Waals surface area contributed by atoms with Gasteiger partial charge in [-0.25, -0.2) is 0 Å². The van der Waals surface area contributed by atoms with Crippen LogP contribution in [0.25, 0.3) is 0 Å². The molecule has 1 aromatic rings. The minimum Gasteiger partial charge on any atom is -0.346 e. The molecular formula is C17H31N5O. The van der Waals surface area contributed by atoms with Crippen molar-refractivity contribution in [2.24, 2.45) is 11.3 Å². The van der Waals surface area contributed by atoms with E-state index in [9.17, 15) is 4.79 Å². The Morgan fingerprint density at radius 2 is 1.87 bits per heavy atom. The maximum absolute atomic E-state index is 11.9. The predicted octanol–water partition coefficient (Wildman–Crippen LogP) is 2.02. The summed E-state index contributed by atoms with van der Waals surface area (Å²) in [6.45, 7) is 16.6. The molecule has 1 atom stereocenters. The molecule has 130 valence electrons. The molecule has 0 aliphatic carbocycles. The van der Waals surface area contributed by atoms with Crippen molar-refractivity contribution in [1.82, 2.24) is 25.0 Å². The van der Waals surface area contributed by atoms with Gasteiger partial charge < -0.3 is 14.8 Å². The van der Waals surface area contributed by atoms with Crippen molar-refractivity contribution < 1.29 is 4.79 Å². The van der Waals surface area contributed by atoms with Gasteiger partial charge in [0.2, 0.25) is 5.91 Å². The molecule has 1 aliphatic rings. The van der Waals surface area contributed by atoms with Crippen molar-refractivity contribution in [3.8, 4) is 0 Å². The average Bonchev–Trinajstić information content (AvgIpc) is 2.74. The summed E-state index contributed by atoms with van der Waals surface area (Å²) in [6.07, 6.45) is 0.911. The standard InChI is InChI=1S/C17H31N5O/c1-12(2)16(23)18-13(3)15-20-19-14-7-8-21(9-10-22(14)15)11-17(4,5)6/h12-13H,7-11H2,1-6H3,(H,18,23). The summed E-state index contributed by atoms with van der Waals surface area (Å²) in [7, 11) is 0. The molecule has 1 amide bonds. The Labute approximate surface area is 139 Å². The van der Waals surface area contributed by atoms with Crippen LogP contribution in [0.3, 0.4) is 0 Å². The van der Waals surface area contributed by atoms with Crippen molar-refractivity contribution >= 4 is 5.91 Å². The molecule has 1 unspecified atom stereocenters. The summed E-state index contributed by atoms with van der Waals surface area (Å²) in [5.41, 5.74) is 0.298. The first-order valence-electron chi connectivity index (χ1n) is 8.62. The van der Waals surface area contributed by atoms with Gasteiger partial charge in [0.1, 0.15) is 5.82 Å². The van der Waals surface area contributed by atoms with Crippen molar-refractivity contribution in [1.29, 1.82) is 0 Å². The Bertz CT molecular complexity index is 544. The zero-order valence-corrected chi connectivity index (χ0v) is 15.4. The third-order valence-corrected chi connectivity index (χ3v) is 4.12. The average molecular weight is 321 g/mol. The Balaban J connectivity index is 2.06. The highest BCUT2D eigenvalue weighted by Gasteiger charge is 2.24. The Morgan fingerprint density at radius 3 is 2.48 bits per heavy atom. The van der Waals surface area contributed by atoms with Crippen LogP contribution in [-0.2, 0) is 17.8 Å². The van der Waals surface area contributed by atoms with E-state index in [4.69, 9.17) is 0 Å². The number of carbonyl (C=O) groups is 1. The van der Waals surface area contributed by atoms with Gasteiger partial charge >= 0.3 is 0 Å². The molecule has 0 spiro atoms. The monoisotopic (exact) mass is 321 g/mol. The molecule has 1 N–H and O–H groups in total. The van der Waals surface area contributed by atoms with Crippen LogP contribution in [0.5, 0.6) is 0 Å². The quantitative estimate of drug-likeness (QED) is 0.921. The molecule has 0 saturated carbocycles. The van der Waals surface area contributed by atoms with E-state index in [-0.39, 0.29) is 17.9 Å². The molecule has 2 heterocycles. The highest BCUT2D eigenvalue weighted by atomic mass is 16.1. The molecule has 0 saturated heterocycles. The highest BCUT2D eigenvalue weighted by Crippen LogP contribution is 2.19. The smallest absolute Gasteiger partial charge is 0.223 e. The fraction of sp³-hybridized carbons (Fsp3) is 0.824. The Hall–Kier alpha value is -1.43. The van der Waals surface area contributed by atoms with Gasteiger partial charge in [-0.2, -0.15) is 0 Å². The fourth-order valence-corrected chi connectivity index (χ4v) is 2.98. The number of hydrogen-bond acceptors (Lipinski definition) is 4. The number of nitrogens with zero attached hydrogens (tertiary/aromatic N) is 4. The number of fused-ring (bicyclic) bond motifs is 1. The van der Waals surface area contributed by atoms with E-state index in [0.717, 1.165) is 44.2 Å². The summed E-state index contributed by atoms with van der Waals surface area (Å²) >= 11 is 0. The van der Waals surface area contributed by atoms with Crippen LogP contribution in [-0.4, -0.2) is 45.2 Å². The molecule has 0 fully saturated rings. The van der Waals surface area contributed by atoms with E-state index in [1.807, 2.05) is 20.8 Å². The molecule has 0 radical (unpaired) electrons. The van der Waals surface area contributed by atoms with Crippen LogP contribution in [0.15, 0.2) is 0 Å². The van der Waals surface area contributed by atoms with Gasteiger partial charge in [0, 0.05) is 38.5 Å². The Morgan fingerprint density at radius 1 is 1.17 bits per heavy atom. The van der Waals surface area contributed by atoms with Crippen LogP contribution >= 0.6 is 0 Å². The van der Waals surface area contributed by atoms with Gasteiger partial charge in [-0.15, -0.1) is 10.2 Å². The van der Waals surface area contributed by atoms with Gasteiger partial charge in [0.15, 0.2) is 5.82 Å². The third kappa shape index (κ3) is 4.77. The van der Waals surface area contributed by atoms with Crippen LogP contribution in [0.2, 0.25) is 0 Å². The molecule has 6 nitrogen and oxygen atoms in total. The number of hydrogen-bond donors (Lipinski definition) is 1. The molecule has 2 rings (SSSR count). The van der Waals surface area contributed by atoms with Gasteiger partial charge in [-0.3, -0.25) is 4.79 Å². The summed E-state index contributed by atoms with van der Waals surface area (Å²) in [4.78, 5) is 14.4. The SMILES string of the molecule is CC(C)C(=O)NC(C)c1nnc2n1CCN(CC(C)(C)C)CC2. The molecule has 1 aromatic heterocycles. The first kappa shape index (κ1) is 17.9. The lowest BCUT2D eigenvalue weighted by Crippen LogP contribution is -2.35. The molecule has 0 aromatic carbocycles. The van der Waals surface area contributed by atoms with E-state index in [1.54, 1.807) is 0 Å².